The van der Waals surface area contributed by atoms with Crippen LogP contribution in [0.5, 0.6) is 0 Å². The molecule has 0 radical (unpaired) electrons. The first kappa shape index (κ1) is 20.7. The molecular weight excluding hydrogens is 439 g/mol. The first-order valence-electron chi connectivity index (χ1n) is 9.26. The molecule has 4 rings (SSSR count). The fraction of sp³-hybridized carbons (Fsp3) is 0.0833. The highest BCUT2D eigenvalue weighted by Crippen LogP contribution is 2.31. The van der Waals surface area contributed by atoms with E-state index in [1.165, 1.54) is 0 Å². The van der Waals surface area contributed by atoms with Crippen molar-refractivity contribution in [2.75, 3.05) is 5.32 Å². The van der Waals surface area contributed by atoms with Crippen LogP contribution in [0.3, 0.4) is 0 Å². The summed E-state index contributed by atoms with van der Waals surface area (Å²) < 4.78 is 0. The van der Waals surface area contributed by atoms with Gasteiger partial charge in [0.1, 0.15) is 0 Å². The summed E-state index contributed by atoms with van der Waals surface area (Å²) in [4.78, 5) is 18.1. The zero-order valence-electron chi connectivity index (χ0n) is 16.3. The van der Waals surface area contributed by atoms with E-state index in [0.717, 1.165) is 27.6 Å². The van der Waals surface area contributed by atoms with Gasteiger partial charge in [-0.2, -0.15) is 0 Å². The van der Waals surface area contributed by atoms with Gasteiger partial charge in [0.2, 0.25) is 0 Å². The van der Waals surface area contributed by atoms with Crippen LogP contribution in [0.4, 0.5) is 5.69 Å². The summed E-state index contributed by atoms with van der Waals surface area (Å²) in [6.45, 7) is 3.99. The Labute approximate surface area is 189 Å². The minimum atomic E-state index is -0.271. The van der Waals surface area contributed by atoms with E-state index in [9.17, 15) is 4.79 Å². The van der Waals surface area contributed by atoms with Crippen LogP contribution in [-0.2, 0) is 0 Å². The molecule has 4 aromatic rings. The van der Waals surface area contributed by atoms with Gasteiger partial charge in [0.15, 0.2) is 0 Å². The van der Waals surface area contributed by atoms with E-state index >= 15 is 0 Å². The fourth-order valence-corrected chi connectivity index (χ4v) is 4.00. The number of carbonyl (C=O) groups excluding carboxylic acids is 1. The molecule has 0 saturated heterocycles. The lowest BCUT2D eigenvalue weighted by Gasteiger charge is -2.14. The summed E-state index contributed by atoms with van der Waals surface area (Å²) in [5, 5.41) is 5.20. The van der Waals surface area contributed by atoms with Crippen molar-refractivity contribution in [2.45, 2.75) is 13.8 Å². The molecule has 0 aliphatic rings. The highest BCUT2D eigenvalue weighted by atomic mass is 35.5. The Bertz CT molecular complexity index is 1280. The third-order valence-electron chi connectivity index (χ3n) is 4.81. The quantitative estimate of drug-likeness (QED) is 0.343. The van der Waals surface area contributed by atoms with Gasteiger partial charge in [-0.1, -0.05) is 58.6 Å². The summed E-state index contributed by atoms with van der Waals surface area (Å²) >= 11 is 18.2. The molecule has 30 heavy (non-hydrogen) atoms. The Balaban J connectivity index is 1.87. The van der Waals surface area contributed by atoms with Gasteiger partial charge in [-0.3, -0.25) is 4.79 Å². The van der Waals surface area contributed by atoms with Crippen LogP contribution < -0.4 is 5.32 Å². The average Bonchev–Trinajstić information content (AvgIpc) is 2.70. The van der Waals surface area contributed by atoms with Crippen molar-refractivity contribution in [3.05, 3.63) is 92.4 Å². The SMILES string of the molecule is Cc1cc(C)c2nc(-c3ccc(Cl)cc3)cc(C(=O)Nc3ccc(Cl)cc3Cl)c2c1. The molecule has 1 aromatic heterocycles. The third-order valence-corrected chi connectivity index (χ3v) is 5.61. The number of rotatable bonds is 3. The first-order valence-corrected chi connectivity index (χ1v) is 10.4. The number of fused-ring (bicyclic) bond motifs is 1. The Kier molecular flexibility index (Phi) is 5.70. The summed E-state index contributed by atoms with van der Waals surface area (Å²) in [7, 11) is 0. The molecule has 3 aromatic carbocycles. The van der Waals surface area contributed by atoms with Crippen LogP contribution in [-0.4, -0.2) is 10.9 Å². The van der Waals surface area contributed by atoms with Crippen molar-refractivity contribution >= 4 is 57.3 Å². The Morgan fingerprint density at radius 2 is 1.57 bits per heavy atom. The fourth-order valence-electron chi connectivity index (χ4n) is 3.42. The smallest absolute Gasteiger partial charge is 0.256 e. The Morgan fingerprint density at radius 1 is 0.867 bits per heavy atom. The van der Waals surface area contributed by atoms with E-state index in [1.54, 1.807) is 36.4 Å². The number of pyridine rings is 1. The van der Waals surface area contributed by atoms with E-state index in [-0.39, 0.29) is 5.91 Å². The molecule has 6 heteroatoms. The molecule has 3 nitrogen and oxygen atoms in total. The standard InChI is InChI=1S/C24H17Cl3N2O/c1-13-9-14(2)23-18(10-13)19(12-22(28-23)15-3-5-16(25)6-4-15)24(30)29-21-8-7-17(26)11-20(21)27/h3-12H,1-2H3,(H,29,30). The van der Waals surface area contributed by atoms with Gasteiger partial charge in [-0.05, 0) is 61.9 Å². The van der Waals surface area contributed by atoms with Gasteiger partial charge in [-0.25, -0.2) is 4.98 Å². The van der Waals surface area contributed by atoms with Crippen molar-refractivity contribution in [3.63, 3.8) is 0 Å². The average molecular weight is 456 g/mol. The van der Waals surface area contributed by atoms with Crippen LogP contribution in [0.1, 0.15) is 21.5 Å². The predicted octanol–water partition coefficient (Wildman–Crippen LogP) is 7.73. The lowest BCUT2D eigenvalue weighted by Crippen LogP contribution is -2.13. The van der Waals surface area contributed by atoms with E-state index in [0.29, 0.717) is 32.0 Å². The first-order chi connectivity index (χ1) is 14.3. The minimum absolute atomic E-state index is 0.271. The zero-order valence-corrected chi connectivity index (χ0v) is 18.5. The van der Waals surface area contributed by atoms with Crippen LogP contribution in [0.25, 0.3) is 22.2 Å². The number of hydrogen-bond donors (Lipinski definition) is 1. The number of aromatic nitrogens is 1. The molecule has 0 fully saturated rings. The lowest BCUT2D eigenvalue weighted by molar-refractivity contribution is 0.102. The van der Waals surface area contributed by atoms with Gasteiger partial charge in [0, 0.05) is 21.0 Å². The predicted molar refractivity (Wildman–Crippen MR) is 126 cm³/mol. The van der Waals surface area contributed by atoms with E-state index < -0.39 is 0 Å². The van der Waals surface area contributed by atoms with Crippen LogP contribution in [0.15, 0.2) is 60.7 Å². The van der Waals surface area contributed by atoms with Gasteiger partial charge >= 0.3 is 0 Å². The third kappa shape index (κ3) is 4.15. The number of aryl methyl sites for hydroxylation is 2. The summed E-state index contributed by atoms with van der Waals surface area (Å²) in [5.74, 6) is -0.271. The molecule has 150 valence electrons. The topological polar surface area (TPSA) is 42.0 Å². The van der Waals surface area contributed by atoms with Gasteiger partial charge in [0.25, 0.3) is 5.91 Å². The lowest BCUT2D eigenvalue weighted by atomic mass is 9.99. The Hall–Kier alpha value is -2.59. The van der Waals surface area contributed by atoms with Crippen molar-refractivity contribution in [1.82, 2.24) is 4.98 Å². The van der Waals surface area contributed by atoms with Crippen LogP contribution >= 0.6 is 34.8 Å². The highest BCUT2D eigenvalue weighted by molar-refractivity contribution is 6.37. The second-order valence-electron chi connectivity index (χ2n) is 7.12. The summed E-state index contributed by atoms with van der Waals surface area (Å²) in [6.07, 6.45) is 0. The summed E-state index contributed by atoms with van der Waals surface area (Å²) in [5.41, 5.74) is 5.41. The highest BCUT2D eigenvalue weighted by Gasteiger charge is 2.17. The number of halogens is 3. The van der Waals surface area contributed by atoms with Gasteiger partial charge in [0.05, 0.1) is 27.5 Å². The molecule has 1 N–H and O–H groups in total. The summed E-state index contributed by atoms with van der Waals surface area (Å²) in [6, 6.07) is 18.2. The molecule has 1 amide bonds. The number of nitrogens with zero attached hydrogens (tertiary/aromatic N) is 1. The zero-order chi connectivity index (χ0) is 21.4. The molecule has 1 heterocycles. The number of amides is 1. The molecular formula is C24H17Cl3N2O. The number of benzene rings is 3. The number of carbonyl (C=O) groups is 1. The second-order valence-corrected chi connectivity index (χ2v) is 8.40. The molecule has 0 saturated carbocycles. The van der Waals surface area contributed by atoms with Crippen molar-refractivity contribution < 1.29 is 4.79 Å². The van der Waals surface area contributed by atoms with Crippen molar-refractivity contribution in [3.8, 4) is 11.3 Å². The Morgan fingerprint density at radius 3 is 2.27 bits per heavy atom. The maximum atomic E-state index is 13.3. The molecule has 0 bridgehead atoms. The maximum Gasteiger partial charge on any atom is 0.256 e. The van der Waals surface area contributed by atoms with Crippen molar-refractivity contribution in [1.29, 1.82) is 0 Å². The van der Waals surface area contributed by atoms with Crippen molar-refractivity contribution in [2.24, 2.45) is 0 Å². The molecule has 0 spiro atoms. The molecule has 0 atom stereocenters. The van der Waals surface area contributed by atoms with Crippen LogP contribution in [0, 0.1) is 13.8 Å². The number of nitrogens with one attached hydrogen (secondary N) is 1. The molecule has 0 aliphatic heterocycles. The largest absolute Gasteiger partial charge is 0.321 e. The minimum Gasteiger partial charge on any atom is -0.321 e. The van der Waals surface area contributed by atoms with E-state index in [2.05, 4.69) is 11.4 Å². The molecule has 0 unspecified atom stereocenters. The number of hydrogen-bond acceptors (Lipinski definition) is 2. The van der Waals surface area contributed by atoms with Crippen LogP contribution in [0.2, 0.25) is 15.1 Å². The van der Waals surface area contributed by atoms with E-state index in [4.69, 9.17) is 39.8 Å². The van der Waals surface area contributed by atoms with Gasteiger partial charge in [-0.15, -0.1) is 0 Å². The normalized spacial score (nSPS) is 11.0. The van der Waals surface area contributed by atoms with E-state index in [1.807, 2.05) is 32.0 Å². The monoisotopic (exact) mass is 454 g/mol. The number of anilines is 1. The molecule has 0 aliphatic carbocycles. The van der Waals surface area contributed by atoms with Gasteiger partial charge < -0.3 is 5.32 Å². The second kappa shape index (κ2) is 8.27. The maximum absolute atomic E-state index is 13.3.